The quantitative estimate of drug-likeness (QED) is 0.546. The fourth-order valence-corrected chi connectivity index (χ4v) is 2.02. The summed E-state index contributed by atoms with van der Waals surface area (Å²) in [7, 11) is 0. The number of rotatable bonds is 0. The summed E-state index contributed by atoms with van der Waals surface area (Å²) < 4.78 is 5.31. The van der Waals surface area contributed by atoms with E-state index in [1.807, 2.05) is 0 Å². The Balaban J connectivity index is 2.18. The van der Waals surface area contributed by atoms with Crippen LogP contribution in [-0.4, -0.2) is 25.2 Å². The maximum atomic E-state index is 11.0. The Morgan fingerprint density at radius 1 is 1.73 bits per heavy atom. The second-order valence-corrected chi connectivity index (χ2v) is 3.63. The van der Waals surface area contributed by atoms with Gasteiger partial charge in [0, 0.05) is 24.5 Å². The van der Waals surface area contributed by atoms with Crippen LogP contribution in [0.3, 0.4) is 0 Å². The lowest BCUT2D eigenvalue weighted by Crippen LogP contribution is -2.34. The standard InChI is InChI=1S/C8H13NO2/c1-6-8(2-3-11-5-8)4-7(10)9-6/h6H,2-5H2,1H3,(H,9,10). The monoisotopic (exact) mass is 155 g/mol. The van der Waals surface area contributed by atoms with E-state index < -0.39 is 0 Å². The third kappa shape index (κ3) is 0.948. The van der Waals surface area contributed by atoms with Gasteiger partial charge in [-0.15, -0.1) is 0 Å². The van der Waals surface area contributed by atoms with E-state index in [0.29, 0.717) is 12.5 Å². The molecule has 0 aliphatic carbocycles. The smallest absolute Gasteiger partial charge is 0.220 e. The molecule has 2 heterocycles. The average Bonchev–Trinajstić information content (AvgIpc) is 2.45. The predicted molar refractivity (Wildman–Crippen MR) is 40.1 cm³/mol. The normalized spacial score (nSPS) is 43.4. The number of carbonyl (C=O) groups is 1. The van der Waals surface area contributed by atoms with E-state index in [2.05, 4.69) is 12.2 Å². The van der Waals surface area contributed by atoms with Crippen LogP contribution in [0, 0.1) is 5.41 Å². The summed E-state index contributed by atoms with van der Waals surface area (Å²) >= 11 is 0. The number of hydrogen-bond acceptors (Lipinski definition) is 2. The van der Waals surface area contributed by atoms with Gasteiger partial charge < -0.3 is 10.1 Å². The number of ether oxygens (including phenoxy) is 1. The summed E-state index contributed by atoms with van der Waals surface area (Å²) in [5, 5.41) is 2.93. The van der Waals surface area contributed by atoms with Gasteiger partial charge in [-0.3, -0.25) is 4.79 Å². The van der Waals surface area contributed by atoms with Gasteiger partial charge in [0.25, 0.3) is 0 Å². The minimum atomic E-state index is 0.136. The van der Waals surface area contributed by atoms with Crippen molar-refractivity contribution in [3.05, 3.63) is 0 Å². The van der Waals surface area contributed by atoms with Crippen LogP contribution in [0.25, 0.3) is 0 Å². The van der Waals surface area contributed by atoms with E-state index in [1.165, 1.54) is 0 Å². The molecule has 0 bridgehead atoms. The molecule has 2 aliphatic heterocycles. The number of hydrogen-bond donors (Lipinski definition) is 1. The predicted octanol–water partition coefficient (Wildman–Crippen LogP) is 0.302. The molecule has 1 spiro atoms. The Morgan fingerprint density at radius 2 is 2.55 bits per heavy atom. The maximum absolute atomic E-state index is 11.0. The van der Waals surface area contributed by atoms with Crippen molar-refractivity contribution in [1.82, 2.24) is 5.32 Å². The van der Waals surface area contributed by atoms with Crippen LogP contribution in [0.2, 0.25) is 0 Å². The molecule has 0 radical (unpaired) electrons. The van der Waals surface area contributed by atoms with Crippen molar-refractivity contribution in [3.63, 3.8) is 0 Å². The lowest BCUT2D eigenvalue weighted by atomic mass is 9.81. The molecule has 2 saturated heterocycles. The zero-order valence-electron chi connectivity index (χ0n) is 6.72. The number of carbonyl (C=O) groups excluding carboxylic acids is 1. The van der Waals surface area contributed by atoms with Crippen LogP contribution < -0.4 is 5.32 Å². The maximum Gasteiger partial charge on any atom is 0.220 e. The first-order chi connectivity index (χ1) is 5.23. The first-order valence-electron chi connectivity index (χ1n) is 4.10. The topological polar surface area (TPSA) is 38.3 Å². The van der Waals surface area contributed by atoms with Crippen molar-refractivity contribution in [1.29, 1.82) is 0 Å². The third-order valence-corrected chi connectivity index (χ3v) is 2.94. The minimum absolute atomic E-state index is 0.136. The van der Waals surface area contributed by atoms with Crippen molar-refractivity contribution in [2.24, 2.45) is 5.41 Å². The van der Waals surface area contributed by atoms with E-state index in [9.17, 15) is 4.79 Å². The summed E-state index contributed by atoms with van der Waals surface area (Å²) in [6.45, 7) is 3.64. The van der Waals surface area contributed by atoms with Crippen LogP contribution in [0.5, 0.6) is 0 Å². The fourth-order valence-electron chi connectivity index (χ4n) is 2.02. The lowest BCUT2D eigenvalue weighted by molar-refractivity contribution is -0.119. The summed E-state index contributed by atoms with van der Waals surface area (Å²) in [5.74, 6) is 0.183. The van der Waals surface area contributed by atoms with Gasteiger partial charge in [0.1, 0.15) is 0 Å². The van der Waals surface area contributed by atoms with Crippen LogP contribution in [0.1, 0.15) is 19.8 Å². The van der Waals surface area contributed by atoms with Gasteiger partial charge in [-0.1, -0.05) is 0 Å². The molecule has 2 fully saturated rings. The van der Waals surface area contributed by atoms with Crippen molar-refractivity contribution in [3.8, 4) is 0 Å². The molecule has 0 aromatic rings. The van der Waals surface area contributed by atoms with Crippen LogP contribution >= 0.6 is 0 Å². The molecular weight excluding hydrogens is 142 g/mol. The Labute approximate surface area is 66.1 Å². The first-order valence-corrected chi connectivity index (χ1v) is 4.10. The van der Waals surface area contributed by atoms with Crippen LogP contribution in [0.4, 0.5) is 0 Å². The average molecular weight is 155 g/mol. The summed E-state index contributed by atoms with van der Waals surface area (Å²) in [4.78, 5) is 11.0. The van der Waals surface area contributed by atoms with E-state index in [1.54, 1.807) is 0 Å². The van der Waals surface area contributed by atoms with Gasteiger partial charge in [-0.05, 0) is 13.3 Å². The summed E-state index contributed by atoms with van der Waals surface area (Å²) in [5.41, 5.74) is 0.136. The second-order valence-electron chi connectivity index (χ2n) is 3.63. The lowest BCUT2D eigenvalue weighted by Gasteiger charge is -2.23. The molecule has 1 amide bonds. The second kappa shape index (κ2) is 2.21. The first kappa shape index (κ1) is 7.10. The molecule has 2 unspecified atom stereocenters. The highest BCUT2D eigenvalue weighted by Crippen LogP contribution is 2.39. The molecule has 62 valence electrons. The largest absolute Gasteiger partial charge is 0.381 e. The molecule has 0 aromatic carbocycles. The van der Waals surface area contributed by atoms with E-state index in [-0.39, 0.29) is 11.3 Å². The highest BCUT2D eigenvalue weighted by molar-refractivity contribution is 5.80. The van der Waals surface area contributed by atoms with Gasteiger partial charge >= 0.3 is 0 Å². The van der Waals surface area contributed by atoms with Crippen molar-refractivity contribution in [2.75, 3.05) is 13.2 Å². The molecule has 0 aromatic heterocycles. The van der Waals surface area contributed by atoms with E-state index >= 15 is 0 Å². The Bertz CT molecular complexity index is 185. The summed E-state index contributed by atoms with van der Waals surface area (Å²) in [6.07, 6.45) is 1.70. The molecule has 2 atom stereocenters. The fraction of sp³-hybridized carbons (Fsp3) is 0.875. The molecule has 1 N–H and O–H groups in total. The van der Waals surface area contributed by atoms with Crippen LogP contribution in [0.15, 0.2) is 0 Å². The summed E-state index contributed by atoms with van der Waals surface area (Å²) in [6, 6.07) is 0.303. The van der Waals surface area contributed by atoms with Gasteiger partial charge in [0.2, 0.25) is 5.91 Å². The van der Waals surface area contributed by atoms with Crippen molar-refractivity contribution < 1.29 is 9.53 Å². The van der Waals surface area contributed by atoms with Gasteiger partial charge in [-0.25, -0.2) is 0 Å². The van der Waals surface area contributed by atoms with Gasteiger partial charge in [0.05, 0.1) is 6.61 Å². The Kier molecular flexibility index (Phi) is 1.42. The number of amides is 1. The SMILES string of the molecule is CC1NC(=O)CC12CCOC2. The molecule has 2 rings (SSSR count). The third-order valence-electron chi connectivity index (χ3n) is 2.94. The van der Waals surface area contributed by atoms with Gasteiger partial charge in [0.15, 0.2) is 0 Å². The van der Waals surface area contributed by atoms with Gasteiger partial charge in [-0.2, -0.15) is 0 Å². The Hall–Kier alpha value is -0.570. The molecular formula is C8H13NO2. The van der Waals surface area contributed by atoms with E-state index in [4.69, 9.17) is 4.74 Å². The molecule has 3 heteroatoms. The highest BCUT2D eigenvalue weighted by Gasteiger charge is 2.46. The zero-order chi connectivity index (χ0) is 7.90. The molecule has 11 heavy (non-hydrogen) atoms. The van der Waals surface area contributed by atoms with Crippen LogP contribution in [-0.2, 0) is 9.53 Å². The van der Waals surface area contributed by atoms with Crippen molar-refractivity contribution >= 4 is 5.91 Å². The zero-order valence-corrected chi connectivity index (χ0v) is 6.72. The van der Waals surface area contributed by atoms with Crippen molar-refractivity contribution in [2.45, 2.75) is 25.8 Å². The minimum Gasteiger partial charge on any atom is -0.381 e. The Morgan fingerprint density at radius 3 is 3.00 bits per heavy atom. The number of nitrogens with one attached hydrogen (secondary N) is 1. The highest BCUT2D eigenvalue weighted by atomic mass is 16.5. The molecule has 0 saturated carbocycles. The molecule has 2 aliphatic rings. The van der Waals surface area contributed by atoms with E-state index in [0.717, 1.165) is 19.6 Å². The molecule has 3 nitrogen and oxygen atoms in total.